The van der Waals surface area contributed by atoms with E-state index in [0.29, 0.717) is 26.0 Å². The largest absolute Gasteiger partial charge is 0.481 e. The average molecular weight is 284 g/mol. The molecule has 6 heteroatoms. The highest BCUT2D eigenvalue weighted by molar-refractivity contribution is 5.78. The number of nitrogens with one attached hydrogen (secondary N) is 2. The topological polar surface area (TPSA) is 87.7 Å². The van der Waals surface area contributed by atoms with E-state index in [-0.39, 0.29) is 12.6 Å². The quantitative estimate of drug-likeness (QED) is 0.587. The normalized spacial score (nSPS) is 20.6. The summed E-state index contributed by atoms with van der Waals surface area (Å²) in [6, 6.07) is -0.312. The zero-order valence-electron chi connectivity index (χ0n) is 11.8. The molecule has 0 bridgehead atoms. The minimum Gasteiger partial charge on any atom is -0.481 e. The van der Waals surface area contributed by atoms with Crippen LogP contribution < -0.4 is 10.6 Å². The first kappa shape index (κ1) is 15.1. The molecule has 0 unspecified atom stereocenters. The SMILES string of the molecule is O=C(NCCOCC1CC1)NCC1(C(=O)O)CCCC1. The Labute approximate surface area is 119 Å². The Kier molecular flexibility index (Phi) is 5.23. The average Bonchev–Trinajstić information content (AvgIpc) is 3.11. The second-order valence-corrected chi connectivity index (χ2v) is 5.92. The van der Waals surface area contributed by atoms with Crippen LogP contribution in [0.4, 0.5) is 4.79 Å². The van der Waals surface area contributed by atoms with Gasteiger partial charge in [-0.3, -0.25) is 4.79 Å². The van der Waals surface area contributed by atoms with Gasteiger partial charge in [0.05, 0.1) is 12.0 Å². The van der Waals surface area contributed by atoms with Crippen LogP contribution in [0.2, 0.25) is 0 Å². The van der Waals surface area contributed by atoms with E-state index in [9.17, 15) is 14.7 Å². The molecule has 0 aromatic heterocycles. The number of urea groups is 1. The minimum atomic E-state index is -0.803. The standard InChI is InChI=1S/C14H24N2O4/c17-12(18)14(5-1-2-6-14)10-16-13(19)15-7-8-20-9-11-3-4-11/h11H,1-10H2,(H,17,18)(H2,15,16,19). The Morgan fingerprint density at radius 3 is 2.50 bits per heavy atom. The van der Waals surface area contributed by atoms with Crippen molar-refractivity contribution in [1.82, 2.24) is 10.6 Å². The summed E-state index contributed by atoms with van der Waals surface area (Å²) in [7, 11) is 0. The molecule has 0 aromatic rings. The molecule has 0 radical (unpaired) electrons. The van der Waals surface area contributed by atoms with Gasteiger partial charge in [-0.25, -0.2) is 4.79 Å². The van der Waals surface area contributed by atoms with Gasteiger partial charge in [0.15, 0.2) is 0 Å². The van der Waals surface area contributed by atoms with Crippen LogP contribution >= 0.6 is 0 Å². The van der Waals surface area contributed by atoms with Crippen LogP contribution in [0.3, 0.4) is 0 Å². The Morgan fingerprint density at radius 2 is 1.90 bits per heavy atom. The molecule has 0 aliphatic heterocycles. The summed E-state index contributed by atoms with van der Waals surface area (Å²) in [4.78, 5) is 22.9. The molecule has 0 spiro atoms. The summed E-state index contributed by atoms with van der Waals surface area (Å²) in [6.45, 7) is 1.95. The van der Waals surface area contributed by atoms with Crippen molar-refractivity contribution in [3.63, 3.8) is 0 Å². The lowest BCUT2D eigenvalue weighted by Crippen LogP contribution is -2.45. The van der Waals surface area contributed by atoms with Crippen LogP contribution in [-0.4, -0.2) is 43.4 Å². The van der Waals surface area contributed by atoms with Crippen molar-refractivity contribution in [2.24, 2.45) is 11.3 Å². The number of hydrogen-bond acceptors (Lipinski definition) is 3. The molecule has 2 saturated carbocycles. The number of carboxylic acid groups (broad SMARTS) is 1. The third-order valence-corrected chi connectivity index (χ3v) is 4.18. The second kappa shape index (κ2) is 6.92. The van der Waals surface area contributed by atoms with Gasteiger partial charge in [0, 0.05) is 19.7 Å². The van der Waals surface area contributed by atoms with Gasteiger partial charge in [-0.15, -0.1) is 0 Å². The van der Waals surface area contributed by atoms with Crippen LogP contribution in [0, 0.1) is 11.3 Å². The lowest BCUT2D eigenvalue weighted by atomic mass is 9.86. The maximum absolute atomic E-state index is 11.6. The monoisotopic (exact) mass is 284 g/mol. The fourth-order valence-corrected chi connectivity index (χ4v) is 2.60. The first-order chi connectivity index (χ1) is 9.62. The number of carbonyl (C=O) groups excluding carboxylic acids is 1. The van der Waals surface area contributed by atoms with E-state index in [1.54, 1.807) is 0 Å². The van der Waals surface area contributed by atoms with Gasteiger partial charge in [0.25, 0.3) is 0 Å². The lowest BCUT2D eigenvalue weighted by Gasteiger charge is -2.24. The Hall–Kier alpha value is -1.30. The van der Waals surface area contributed by atoms with Crippen LogP contribution in [0.15, 0.2) is 0 Å². The molecule has 2 aliphatic rings. The van der Waals surface area contributed by atoms with Gasteiger partial charge in [-0.2, -0.15) is 0 Å². The fourth-order valence-electron chi connectivity index (χ4n) is 2.60. The van der Waals surface area contributed by atoms with Crippen molar-refractivity contribution in [2.45, 2.75) is 38.5 Å². The Balaban J connectivity index is 1.57. The van der Waals surface area contributed by atoms with Crippen molar-refractivity contribution < 1.29 is 19.4 Å². The summed E-state index contributed by atoms with van der Waals surface area (Å²) in [5.41, 5.74) is -0.764. The Bertz CT molecular complexity index is 349. The van der Waals surface area contributed by atoms with Gasteiger partial charge in [0.1, 0.15) is 0 Å². The highest BCUT2D eigenvalue weighted by Crippen LogP contribution is 2.37. The summed E-state index contributed by atoms with van der Waals surface area (Å²) >= 11 is 0. The number of amides is 2. The molecule has 2 aliphatic carbocycles. The number of carboxylic acids is 1. The fraction of sp³-hybridized carbons (Fsp3) is 0.857. The number of ether oxygens (including phenoxy) is 1. The molecule has 2 amide bonds. The van der Waals surface area contributed by atoms with Crippen LogP contribution in [0.25, 0.3) is 0 Å². The van der Waals surface area contributed by atoms with E-state index in [0.717, 1.165) is 25.4 Å². The third kappa shape index (κ3) is 4.37. The number of rotatable bonds is 8. The second-order valence-electron chi connectivity index (χ2n) is 5.92. The van der Waals surface area contributed by atoms with Crippen molar-refractivity contribution in [1.29, 1.82) is 0 Å². The van der Waals surface area contributed by atoms with Crippen molar-refractivity contribution in [2.75, 3.05) is 26.3 Å². The van der Waals surface area contributed by atoms with E-state index in [1.807, 2.05) is 0 Å². The molecule has 0 atom stereocenters. The molecule has 114 valence electrons. The maximum Gasteiger partial charge on any atom is 0.314 e. The maximum atomic E-state index is 11.6. The van der Waals surface area contributed by atoms with E-state index in [1.165, 1.54) is 12.8 Å². The molecule has 0 aromatic carbocycles. The van der Waals surface area contributed by atoms with Gasteiger partial charge < -0.3 is 20.5 Å². The smallest absolute Gasteiger partial charge is 0.314 e. The van der Waals surface area contributed by atoms with E-state index >= 15 is 0 Å². The number of hydrogen-bond donors (Lipinski definition) is 3. The molecule has 3 N–H and O–H groups in total. The van der Waals surface area contributed by atoms with Gasteiger partial charge >= 0.3 is 12.0 Å². The van der Waals surface area contributed by atoms with Gasteiger partial charge in [-0.05, 0) is 31.6 Å². The summed E-state index contributed by atoms with van der Waals surface area (Å²) in [5, 5.41) is 14.7. The van der Waals surface area contributed by atoms with Crippen molar-refractivity contribution >= 4 is 12.0 Å². The molecular formula is C14H24N2O4. The first-order valence-corrected chi connectivity index (χ1v) is 7.45. The predicted molar refractivity (Wildman–Crippen MR) is 73.5 cm³/mol. The molecule has 2 rings (SSSR count). The predicted octanol–water partition coefficient (Wildman–Crippen LogP) is 1.36. The molecular weight excluding hydrogens is 260 g/mol. The molecule has 0 heterocycles. The molecule has 6 nitrogen and oxygen atoms in total. The number of carbonyl (C=O) groups is 2. The van der Waals surface area contributed by atoms with Crippen LogP contribution in [0.1, 0.15) is 38.5 Å². The van der Waals surface area contributed by atoms with Gasteiger partial charge in [-0.1, -0.05) is 12.8 Å². The number of aliphatic carboxylic acids is 1. The highest BCUT2D eigenvalue weighted by Gasteiger charge is 2.41. The summed E-state index contributed by atoms with van der Waals surface area (Å²) in [5.74, 6) is -0.0790. The van der Waals surface area contributed by atoms with Crippen LogP contribution in [-0.2, 0) is 9.53 Å². The molecule has 0 saturated heterocycles. The van der Waals surface area contributed by atoms with Gasteiger partial charge in [0.2, 0.25) is 0 Å². The summed E-state index contributed by atoms with van der Waals surface area (Å²) in [6.07, 6.45) is 5.64. The van der Waals surface area contributed by atoms with Crippen molar-refractivity contribution in [3.05, 3.63) is 0 Å². The van der Waals surface area contributed by atoms with E-state index in [4.69, 9.17) is 4.74 Å². The van der Waals surface area contributed by atoms with Crippen molar-refractivity contribution in [3.8, 4) is 0 Å². The zero-order valence-corrected chi connectivity index (χ0v) is 11.8. The molecule has 2 fully saturated rings. The summed E-state index contributed by atoms with van der Waals surface area (Å²) < 4.78 is 5.41. The first-order valence-electron chi connectivity index (χ1n) is 7.45. The van der Waals surface area contributed by atoms with E-state index < -0.39 is 11.4 Å². The minimum absolute atomic E-state index is 0.205. The lowest BCUT2D eigenvalue weighted by molar-refractivity contribution is -0.148. The van der Waals surface area contributed by atoms with Crippen LogP contribution in [0.5, 0.6) is 0 Å². The zero-order chi connectivity index (χ0) is 14.4. The highest BCUT2D eigenvalue weighted by atomic mass is 16.5. The van der Waals surface area contributed by atoms with E-state index in [2.05, 4.69) is 10.6 Å². The third-order valence-electron chi connectivity index (χ3n) is 4.18. The molecule has 20 heavy (non-hydrogen) atoms. The Morgan fingerprint density at radius 1 is 1.20 bits per heavy atom.